The molecule has 3 nitrogen and oxygen atoms in total. The molecular formula is C17H18F6N2O. The molecule has 2 aliphatic rings. The van der Waals surface area contributed by atoms with Crippen molar-refractivity contribution >= 4 is 11.3 Å². The lowest BCUT2D eigenvalue weighted by atomic mass is 9.85. The molecule has 26 heavy (non-hydrogen) atoms. The SMILES string of the molecule is OC(C1=CC(C(F)(F)F)Nc2c1cccc2C(F)(F)F)C1CCCCN1. The van der Waals surface area contributed by atoms with E-state index in [4.69, 9.17) is 0 Å². The number of para-hydroxylation sites is 1. The van der Waals surface area contributed by atoms with Crippen molar-refractivity contribution in [3.8, 4) is 0 Å². The van der Waals surface area contributed by atoms with Crippen LogP contribution < -0.4 is 10.6 Å². The van der Waals surface area contributed by atoms with E-state index in [2.05, 4.69) is 5.32 Å². The van der Waals surface area contributed by atoms with Gasteiger partial charge in [0.2, 0.25) is 0 Å². The number of hydrogen-bond acceptors (Lipinski definition) is 3. The van der Waals surface area contributed by atoms with Crippen LogP contribution in [-0.2, 0) is 6.18 Å². The zero-order valence-corrected chi connectivity index (χ0v) is 13.6. The van der Waals surface area contributed by atoms with Gasteiger partial charge in [-0.2, -0.15) is 26.3 Å². The van der Waals surface area contributed by atoms with E-state index in [1.54, 1.807) is 0 Å². The molecule has 0 aromatic heterocycles. The molecule has 2 heterocycles. The van der Waals surface area contributed by atoms with Crippen LogP contribution in [0, 0.1) is 0 Å². The van der Waals surface area contributed by atoms with Gasteiger partial charge in [-0.1, -0.05) is 18.6 Å². The normalized spacial score (nSPS) is 25.1. The number of hydrogen-bond donors (Lipinski definition) is 3. The molecule has 3 N–H and O–H groups in total. The lowest BCUT2D eigenvalue weighted by Crippen LogP contribution is -2.45. The molecule has 1 aromatic rings. The first-order valence-electron chi connectivity index (χ1n) is 8.26. The molecule has 3 atom stereocenters. The number of piperidine rings is 1. The van der Waals surface area contributed by atoms with E-state index in [-0.39, 0.29) is 11.1 Å². The summed E-state index contributed by atoms with van der Waals surface area (Å²) in [6.45, 7) is 0.603. The Kier molecular flexibility index (Phi) is 4.96. The Morgan fingerprint density at radius 3 is 2.38 bits per heavy atom. The maximum Gasteiger partial charge on any atom is 0.418 e. The highest BCUT2D eigenvalue weighted by atomic mass is 19.4. The van der Waals surface area contributed by atoms with Gasteiger partial charge in [0, 0.05) is 11.6 Å². The summed E-state index contributed by atoms with van der Waals surface area (Å²) in [6.07, 6.45) is -7.95. The highest BCUT2D eigenvalue weighted by Crippen LogP contribution is 2.44. The van der Waals surface area contributed by atoms with Crippen LogP contribution in [0.15, 0.2) is 24.3 Å². The minimum Gasteiger partial charge on any atom is -0.387 e. The molecule has 0 aliphatic carbocycles. The monoisotopic (exact) mass is 380 g/mol. The molecule has 1 saturated heterocycles. The second kappa shape index (κ2) is 6.77. The predicted octanol–water partition coefficient (Wildman–Crippen LogP) is 3.95. The Morgan fingerprint density at radius 2 is 1.81 bits per heavy atom. The Hall–Kier alpha value is -1.74. The van der Waals surface area contributed by atoms with E-state index >= 15 is 0 Å². The quantitative estimate of drug-likeness (QED) is 0.681. The van der Waals surface area contributed by atoms with Crippen LogP contribution in [0.3, 0.4) is 0 Å². The van der Waals surface area contributed by atoms with Gasteiger partial charge in [-0.3, -0.25) is 0 Å². The fraction of sp³-hybridized carbons (Fsp3) is 0.529. The topological polar surface area (TPSA) is 44.3 Å². The first kappa shape index (κ1) is 19.0. The summed E-state index contributed by atoms with van der Waals surface area (Å²) in [5, 5.41) is 15.6. The fourth-order valence-electron chi connectivity index (χ4n) is 3.45. The van der Waals surface area contributed by atoms with Crippen LogP contribution in [0.25, 0.3) is 5.57 Å². The highest BCUT2D eigenvalue weighted by molar-refractivity contribution is 5.84. The molecule has 0 radical (unpaired) electrons. The third kappa shape index (κ3) is 3.68. The Labute approximate surface area is 146 Å². The molecule has 144 valence electrons. The molecule has 1 fully saturated rings. The summed E-state index contributed by atoms with van der Waals surface area (Å²) in [7, 11) is 0. The van der Waals surface area contributed by atoms with E-state index < -0.39 is 41.8 Å². The first-order valence-corrected chi connectivity index (χ1v) is 8.26. The van der Waals surface area contributed by atoms with E-state index in [0.29, 0.717) is 13.0 Å². The first-order chi connectivity index (χ1) is 12.1. The Morgan fingerprint density at radius 1 is 1.08 bits per heavy atom. The summed E-state index contributed by atoms with van der Waals surface area (Å²) < 4.78 is 79.6. The Balaban J connectivity index is 2.08. The van der Waals surface area contributed by atoms with E-state index in [1.165, 1.54) is 6.07 Å². The molecule has 0 amide bonds. The average Bonchev–Trinajstić information content (AvgIpc) is 2.58. The van der Waals surface area contributed by atoms with Crippen molar-refractivity contribution < 1.29 is 31.4 Å². The molecule has 2 aliphatic heterocycles. The summed E-state index contributed by atoms with van der Waals surface area (Å²) in [4.78, 5) is 0. The molecule has 9 heteroatoms. The van der Waals surface area contributed by atoms with E-state index in [1.807, 2.05) is 5.32 Å². The lowest BCUT2D eigenvalue weighted by Gasteiger charge is -2.35. The van der Waals surface area contributed by atoms with Crippen molar-refractivity contribution in [1.82, 2.24) is 5.32 Å². The van der Waals surface area contributed by atoms with Gasteiger partial charge in [0.05, 0.1) is 17.4 Å². The van der Waals surface area contributed by atoms with Crippen LogP contribution >= 0.6 is 0 Å². The molecular weight excluding hydrogens is 362 g/mol. The summed E-state index contributed by atoms with van der Waals surface area (Å²) in [5.74, 6) is 0. The minimum atomic E-state index is -4.81. The average molecular weight is 380 g/mol. The van der Waals surface area contributed by atoms with Gasteiger partial charge in [-0.05, 0) is 37.1 Å². The molecule has 0 spiro atoms. The number of aliphatic hydroxyl groups is 1. The van der Waals surface area contributed by atoms with Crippen molar-refractivity contribution in [2.24, 2.45) is 0 Å². The van der Waals surface area contributed by atoms with Crippen molar-refractivity contribution in [3.63, 3.8) is 0 Å². The second-order valence-electron chi connectivity index (χ2n) is 6.51. The second-order valence-corrected chi connectivity index (χ2v) is 6.51. The Bertz CT molecular complexity index is 691. The van der Waals surface area contributed by atoms with Crippen molar-refractivity contribution in [2.75, 3.05) is 11.9 Å². The summed E-state index contributed by atoms with van der Waals surface area (Å²) in [6, 6.07) is 0.359. The van der Waals surface area contributed by atoms with Crippen LogP contribution in [0.1, 0.15) is 30.4 Å². The predicted molar refractivity (Wildman–Crippen MR) is 84.5 cm³/mol. The summed E-state index contributed by atoms with van der Waals surface area (Å²) >= 11 is 0. The van der Waals surface area contributed by atoms with Gasteiger partial charge in [-0.25, -0.2) is 0 Å². The highest BCUT2D eigenvalue weighted by Gasteiger charge is 2.45. The lowest BCUT2D eigenvalue weighted by molar-refractivity contribution is -0.139. The van der Waals surface area contributed by atoms with Crippen molar-refractivity contribution in [2.45, 2.75) is 49.8 Å². The van der Waals surface area contributed by atoms with Gasteiger partial charge in [0.15, 0.2) is 0 Å². The van der Waals surface area contributed by atoms with Crippen LogP contribution in [0.4, 0.5) is 32.0 Å². The largest absolute Gasteiger partial charge is 0.418 e. The number of anilines is 1. The van der Waals surface area contributed by atoms with Crippen molar-refractivity contribution in [3.05, 3.63) is 35.4 Å². The van der Waals surface area contributed by atoms with Crippen LogP contribution in [0.5, 0.6) is 0 Å². The van der Waals surface area contributed by atoms with Gasteiger partial charge < -0.3 is 15.7 Å². The number of aliphatic hydroxyl groups excluding tert-OH is 1. The minimum absolute atomic E-state index is 0.0554. The summed E-state index contributed by atoms with van der Waals surface area (Å²) in [5.41, 5.74) is -2.01. The zero-order chi connectivity index (χ0) is 19.1. The number of benzene rings is 1. The number of halogens is 6. The van der Waals surface area contributed by atoms with Gasteiger partial charge in [-0.15, -0.1) is 0 Å². The number of fused-ring (bicyclic) bond motifs is 1. The van der Waals surface area contributed by atoms with Gasteiger partial charge in [0.25, 0.3) is 0 Å². The van der Waals surface area contributed by atoms with Gasteiger partial charge in [0.1, 0.15) is 6.04 Å². The third-order valence-electron chi connectivity index (χ3n) is 4.73. The molecule has 1 aromatic carbocycles. The van der Waals surface area contributed by atoms with E-state index in [0.717, 1.165) is 31.1 Å². The third-order valence-corrected chi connectivity index (χ3v) is 4.73. The molecule has 3 unspecified atom stereocenters. The van der Waals surface area contributed by atoms with Crippen LogP contribution in [-0.4, -0.2) is 36.0 Å². The number of rotatable bonds is 2. The van der Waals surface area contributed by atoms with E-state index in [9.17, 15) is 31.4 Å². The molecule has 0 bridgehead atoms. The van der Waals surface area contributed by atoms with Gasteiger partial charge >= 0.3 is 12.4 Å². The number of nitrogens with one attached hydrogen (secondary N) is 2. The van der Waals surface area contributed by atoms with Crippen molar-refractivity contribution in [1.29, 1.82) is 0 Å². The smallest absolute Gasteiger partial charge is 0.387 e. The number of alkyl halides is 6. The zero-order valence-electron chi connectivity index (χ0n) is 13.6. The van der Waals surface area contributed by atoms with Crippen LogP contribution in [0.2, 0.25) is 0 Å². The standard InChI is InChI=1S/C17H18F6N2O/c18-16(19,20)11-5-3-4-9-10(15(26)12-6-1-2-7-24-12)8-13(17(21,22)23)25-14(9)11/h3-5,8,12-13,15,24-26H,1-2,6-7H2. The maximum atomic E-state index is 13.3. The fourth-order valence-corrected chi connectivity index (χ4v) is 3.45. The maximum absolute atomic E-state index is 13.3. The molecule has 3 rings (SSSR count). The molecule has 0 saturated carbocycles.